The summed E-state index contributed by atoms with van der Waals surface area (Å²) in [6.45, 7) is 11.0. The van der Waals surface area contributed by atoms with E-state index >= 15 is 0 Å². The van der Waals surface area contributed by atoms with Crippen LogP contribution in [0.5, 0.6) is 11.5 Å². The number of quaternary nitrogens is 1. The molecule has 83 heavy (non-hydrogen) atoms. The van der Waals surface area contributed by atoms with Crippen molar-refractivity contribution < 1.29 is 58.1 Å². The van der Waals surface area contributed by atoms with Crippen LogP contribution in [0.2, 0.25) is 0 Å². The van der Waals surface area contributed by atoms with E-state index in [1.54, 1.807) is 43.3 Å². The Morgan fingerprint density at radius 2 is 1.30 bits per heavy atom. The predicted molar refractivity (Wildman–Crippen MR) is 317 cm³/mol. The molecule has 20 nitrogen and oxygen atoms in total. The number of amides is 7. The topological polar surface area (TPSA) is 268 Å². The summed E-state index contributed by atoms with van der Waals surface area (Å²) >= 11 is 0. The van der Waals surface area contributed by atoms with Gasteiger partial charge in [-0.2, -0.15) is 0 Å². The number of rotatable bonds is 29. The van der Waals surface area contributed by atoms with E-state index in [9.17, 15) is 48.9 Å². The summed E-state index contributed by atoms with van der Waals surface area (Å²) < 4.78 is 6.59. The molecule has 6 unspecified atom stereocenters. The fraction of sp³-hybridized carbons (Fsp3) is 0.508. The molecule has 2 aliphatic heterocycles. The SMILES string of the molecule is CCCCCOc1ccc(-c2ccc(-c3ccc(C(=O)NCC(=O)NC(C(=O)N4CCCC4C(=O)NC(C(=O)NC(CC)C(=O)N4C[C@H](C)CC4C(=O)NC(CC)NCC[N+](C)(C)C)[C@H](O)Cc4ccc(O)cc4)[C@@H](C)O)cc3)cc2)cc1. The first kappa shape index (κ1) is 64.8. The third-order valence-electron chi connectivity index (χ3n) is 15.2. The molecule has 0 bridgehead atoms. The highest BCUT2D eigenvalue weighted by molar-refractivity contribution is 5.99. The third-order valence-corrected chi connectivity index (χ3v) is 15.2. The van der Waals surface area contributed by atoms with Crippen molar-refractivity contribution in [3.05, 3.63) is 108 Å². The first-order chi connectivity index (χ1) is 39.6. The Morgan fingerprint density at radius 3 is 1.88 bits per heavy atom. The number of aliphatic hydroxyl groups excluding tert-OH is 2. The van der Waals surface area contributed by atoms with Crippen LogP contribution in [-0.2, 0) is 35.2 Å². The molecule has 20 heteroatoms. The molecule has 4 aromatic carbocycles. The maximum atomic E-state index is 14.4. The quantitative estimate of drug-likeness (QED) is 0.0210. The molecule has 0 radical (unpaired) electrons. The molecule has 7 amide bonds. The van der Waals surface area contributed by atoms with E-state index in [1.807, 2.05) is 62.4 Å². The molecule has 4 aromatic rings. The first-order valence-electron chi connectivity index (χ1n) is 29.3. The number of carbonyl (C=O) groups is 7. The highest BCUT2D eigenvalue weighted by Gasteiger charge is 2.44. The molecular formula is C63H88N9O11+. The van der Waals surface area contributed by atoms with E-state index in [0.717, 1.165) is 58.3 Å². The summed E-state index contributed by atoms with van der Waals surface area (Å²) in [4.78, 5) is 100. The number of unbranched alkanes of at least 4 members (excludes halogenated alkanes) is 2. The Bertz CT molecular complexity index is 2790. The van der Waals surface area contributed by atoms with Crippen LogP contribution in [0.1, 0.15) is 102 Å². The van der Waals surface area contributed by atoms with E-state index in [4.69, 9.17) is 4.74 Å². The number of hydrogen-bond donors (Lipinski definition) is 9. The van der Waals surface area contributed by atoms with Gasteiger partial charge in [-0.15, -0.1) is 0 Å². The number of aliphatic hydroxyl groups is 2. The molecule has 2 fully saturated rings. The van der Waals surface area contributed by atoms with Gasteiger partial charge in [0.15, 0.2) is 0 Å². The van der Waals surface area contributed by atoms with Gasteiger partial charge in [-0.05, 0) is 116 Å². The standard InChI is InChI=1S/C63H87N9O11/c1-9-12-13-35-83-49-30-26-46(27-31-49)44-20-18-43(19-21-44)45-22-24-47(25-23-45)58(77)65-38-55(76)68-56(41(5)73)63(82)70-33-14-15-51(70)59(78)69-57(53(75)37-42-16-28-48(74)29-17-42)61(80)66-50(10-2)62(81)71-39-40(4)36-52(71)60(79)67-54(11-3)64-32-34-72(6,7)8/h16-31,40-41,50-54,56-57,64,73,75H,9-15,32-39H2,1-8H3,(H5-,65,66,67,68,69,74,76,77,78,79,80)/p+1/t40-,41-,50?,51?,52?,53-,54?,56?,57?/m1/s1. The zero-order valence-corrected chi connectivity index (χ0v) is 49.5. The average molecular weight is 1150 g/mol. The van der Waals surface area contributed by atoms with Gasteiger partial charge in [-0.3, -0.25) is 38.9 Å². The molecule has 0 aliphatic carbocycles. The molecule has 0 aromatic heterocycles. The van der Waals surface area contributed by atoms with Crippen LogP contribution in [0.3, 0.4) is 0 Å². The Morgan fingerprint density at radius 1 is 0.699 bits per heavy atom. The summed E-state index contributed by atoms with van der Waals surface area (Å²) in [5, 5.41) is 49.4. The summed E-state index contributed by atoms with van der Waals surface area (Å²) in [6, 6.07) is 22.5. The number of nitrogens with zero attached hydrogens (tertiary/aromatic N) is 3. The van der Waals surface area contributed by atoms with Crippen LogP contribution in [0, 0.1) is 5.92 Å². The largest absolute Gasteiger partial charge is 0.508 e. The number of phenols is 1. The average Bonchev–Trinajstić information content (AvgIpc) is 4.15. The van der Waals surface area contributed by atoms with Crippen molar-refractivity contribution in [1.29, 1.82) is 0 Å². The highest BCUT2D eigenvalue weighted by Crippen LogP contribution is 2.28. The fourth-order valence-electron chi connectivity index (χ4n) is 10.4. The van der Waals surface area contributed by atoms with Crippen LogP contribution in [0.25, 0.3) is 22.3 Å². The molecule has 0 saturated carbocycles. The van der Waals surface area contributed by atoms with E-state index < -0.39 is 84.4 Å². The summed E-state index contributed by atoms with van der Waals surface area (Å²) in [6.07, 6.45) is 1.42. The van der Waals surface area contributed by atoms with Gasteiger partial charge in [0.05, 0.1) is 59.2 Å². The van der Waals surface area contributed by atoms with Crippen LogP contribution in [0.15, 0.2) is 97.1 Å². The molecule has 9 atom stereocenters. The van der Waals surface area contributed by atoms with E-state index in [0.29, 0.717) is 38.0 Å². The zero-order chi connectivity index (χ0) is 60.4. The number of phenolic OH excluding ortho intramolecular Hbond substituents is 1. The van der Waals surface area contributed by atoms with Gasteiger partial charge < -0.3 is 60.9 Å². The van der Waals surface area contributed by atoms with Crippen LogP contribution in [-0.4, -0.2) is 180 Å². The van der Waals surface area contributed by atoms with Crippen molar-refractivity contribution in [2.75, 3.05) is 60.5 Å². The minimum Gasteiger partial charge on any atom is -0.508 e. The number of ether oxygens (including phenoxy) is 1. The van der Waals surface area contributed by atoms with Crippen molar-refractivity contribution in [3.8, 4) is 33.8 Å². The molecular weight excluding hydrogens is 1060 g/mol. The van der Waals surface area contributed by atoms with Crippen molar-refractivity contribution >= 4 is 41.4 Å². The predicted octanol–water partition coefficient (Wildman–Crippen LogP) is 4.25. The lowest BCUT2D eigenvalue weighted by atomic mass is 9.99. The smallest absolute Gasteiger partial charge is 0.251 e. The number of likely N-dealkylation sites (tertiary alicyclic amines) is 2. The van der Waals surface area contributed by atoms with Gasteiger partial charge in [-0.1, -0.05) is 101 Å². The van der Waals surface area contributed by atoms with Gasteiger partial charge >= 0.3 is 0 Å². The van der Waals surface area contributed by atoms with E-state index in [2.05, 4.69) is 60.0 Å². The maximum absolute atomic E-state index is 14.4. The monoisotopic (exact) mass is 1150 g/mol. The molecule has 6 rings (SSSR count). The fourth-order valence-corrected chi connectivity index (χ4v) is 10.4. The highest BCUT2D eigenvalue weighted by atomic mass is 16.5. The van der Waals surface area contributed by atoms with Gasteiger partial charge in [0.2, 0.25) is 35.4 Å². The maximum Gasteiger partial charge on any atom is 0.251 e. The number of nitrogens with one attached hydrogen (secondary N) is 6. The van der Waals surface area contributed by atoms with E-state index in [1.165, 1.54) is 28.9 Å². The molecule has 2 heterocycles. The zero-order valence-electron chi connectivity index (χ0n) is 49.5. The summed E-state index contributed by atoms with van der Waals surface area (Å²) in [5.74, 6) is -3.82. The van der Waals surface area contributed by atoms with Gasteiger partial charge in [0.25, 0.3) is 5.91 Å². The minimum atomic E-state index is -1.66. The Labute approximate surface area is 488 Å². The van der Waals surface area contributed by atoms with Crippen molar-refractivity contribution in [1.82, 2.24) is 41.7 Å². The molecule has 2 saturated heterocycles. The molecule has 450 valence electrons. The number of likely N-dealkylation sites (N-methyl/N-ethyl adjacent to an activating group) is 1. The van der Waals surface area contributed by atoms with Gasteiger partial charge in [-0.25, -0.2) is 0 Å². The first-order valence-corrected chi connectivity index (χ1v) is 29.3. The third kappa shape index (κ3) is 18.8. The van der Waals surface area contributed by atoms with Gasteiger partial charge in [0.1, 0.15) is 41.7 Å². The van der Waals surface area contributed by atoms with Crippen molar-refractivity contribution in [2.45, 2.75) is 141 Å². The molecule has 2 aliphatic rings. The Balaban J connectivity index is 1.06. The second-order valence-electron chi connectivity index (χ2n) is 23.1. The number of hydrogen-bond acceptors (Lipinski definition) is 12. The number of benzene rings is 4. The van der Waals surface area contributed by atoms with Crippen LogP contribution >= 0.6 is 0 Å². The second-order valence-corrected chi connectivity index (χ2v) is 23.1. The Kier molecular flexibility index (Phi) is 24.0. The number of carbonyl (C=O) groups excluding carboxylic acids is 7. The molecule has 0 spiro atoms. The van der Waals surface area contributed by atoms with Crippen LogP contribution < -0.4 is 36.6 Å². The minimum absolute atomic E-state index is 0.0184. The van der Waals surface area contributed by atoms with Crippen LogP contribution in [0.4, 0.5) is 0 Å². The lowest BCUT2D eigenvalue weighted by Gasteiger charge is -2.33. The normalized spacial score (nSPS) is 18.2. The Hall–Kier alpha value is -7.39. The second kappa shape index (κ2) is 30.8. The van der Waals surface area contributed by atoms with Crippen molar-refractivity contribution in [3.63, 3.8) is 0 Å². The number of aromatic hydroxyl groups is 1. The summed E-state index contributed by atoms with van der Waals surface area (Å²) in [7, 11) is 6.23. The lowest BCUT2D eigenvalue weighted by molar-refractivity contribution is -0.869. The summed E-state index contributed by atoms with van der Waals surface area (Å²) in [5.41, 5.74) is 4.72. The molecule has 9 N–H and O–H groups in total. The van der Waals surface area contributed by atoms with E-state index in [-0.39, 0.29) is 61.7 Å². The van der Waals surface area contributed by atoms with Crippen molar-refractivity contribution in [2.24, 2.45) is 5.92 Å². The lowest BCUT2D eigenvalue weighted by Crippen LogP contribution is -2.62. The van der Waals surface area contributed by atoms with Gasteiger partial charge in [0, 0.05) is 31.6 Å².